The van der Waals surface area contributed by atoms with Crippen LogP contribution in [0.5, 0.6) is 0 Å². The van der Waals surface area contributed by atoms with Gasteiger partial charge in [-0.3, -0.25) is 0 Å². The van der Waals surface area contributed by atoms with Gasteiger partial charge in [0.05, 0.1) is 5.25 Å². The fourth-order valence-corrected chi connectivity index (χ4v) is 5.83. The third kappa shape index (κ3) is 5.38. The molecule has 10 heteroatoms. The van der Waals surface area contributed by atoms with Crippen molar-refractivity contribution in [2.45, 2.75) is 64.3 Å². The van der Waals surface area contributed by atoms with E-state index in [9.17, 15) is 30.4 Å². The molecular weight excluding hydrogens is 487 g/mol. The maximum Gasteiger partial charge on any atom is 0.264 e. The summed E-state index contributed by atoms with van der Waals surface area (Å²) in [6.07, 6.45) is -3.60. The highest BCUT2D eigenvalue weighted by atomic mass is 32.2. The standard InChI is InChI=1S/C25H27F5N2O2S/c1-25(2,3)13-32-12-18(22(24(29)30)31-35(33,34)15-8-9-15)16-10-7-14(11-20(16)32)21-17(23(27)28)5-4-6-19(21)26/h4-7,10-12,15,22-24,31H,8-9,13H2,1-3H3. The lowest BCUT2D eigenvalue weighted by atomic mass is 9.96. The first-order valence-electron chi connectivity index (χ1n) is 11.3. The van der Waals surface area contributed by atoms with Crippen LogP contribution in [-0.2, 0) is 16.6 Å². The average Bonchev–Trinajstić information content (AvgIpc) is 3.55. The van der Waals surface area contributed by atoms with Gasteiger partial charge in [0.1, 0.15) is 11.9 Å². The molecule has 0 saturated heterocycles. The minimum Gasteiger partial charge on any atom is -0.347 e. The summed E-state index contributed by atoms with van der Waals surface area (Å²) in [6, 6.07) is 6.01. The van der Waals surface area contributed by atoms with Crippen LogP contribution in [0.25, 0.3) is 22.0 Å². The van der Waals surface area contributed by atoms with Crippen molar-refractivity contribution in [3.05, 3.63) is 59.5 Å². The molecule has 0 aliphatic heterocycles. The van der Waals surface area contributed by atoms with Crippen LogP contribution in [0.1, 0.15) is 57.2 Å². The smallest absolute Gasteiger partial charge is 0.264 e. The van der Waals surface area contributed by atoms with Crippen molar-refractivity contribution >= 4 is 20.9 Å². The summed E-state index contributed by atoms with van der Waals surface area (Å²) in [5, 5.41) is -0.330. The molecule has 1 fully saturated rings. The number of nitrogens with one attached hydrogen (secondary N) is 1. The van der Waals surface area contributed by atoms with Crippen molar-refractivity contribution < 1.29 is 30.4 Å². The van der Waals surface area contributed by atoms with Gasteiger partial charge in [-0.05, 0) is 36.0 Å². The Morgan fingerprint density at radius 1 is 1.06 bits per heavy atom. The van der Waals surface area contributed by atoms with Gasteiger partial charge in [0.25, 0.3) is 12.9 Å². The van der Waals surface area contributed by atoms with Crippen LogP contribution >= 0.6 is 0 Å². The molecule has 0 radical (unpaired) electrons. The number of nitrogens with zero attached hydrogens (tertiary/aromatic N) is 1. The Kier molecular flexibility index (Phi) is 6.74. The van der Waals surface area contributed by atoms with Gasteiger partial charge < -0.3 is 4.57 Å². The minimum atomic E-state index is -3.92. The SMILES string of the molecule is CC(C)(C)Cn1cc(C(NS(=O)(=O)C2CC2)C(F)F)c2ccc(-c3c(F)cccc3C(F)F)cc21. The van der Waals surface area contributed by atoms with Crippen LogP contribution in [0.4, 0.5) is 22.0 Å². The average molecular weight is 515 g/mol. The summed E-state index contributed by atoms with van der Waals surface area (Å²) >= 11 is 0. The number of benzene rings is 2. The highest BCUT2D eigenvalue weighted by Gasteiger charge is 2.40. The number of hydrogen-bond acceptors (Lipinski definition) is 2. The van der Waals surface area contributed by atoms with Gasteiger partial charge in [-0.2, -0.15) is 0 Å². The van der Waals surface area contributed by atoms with Crippen LogP contribution in [0.15, 0.2) is 42.6 Å². The van der Waals surface area contributed by atoms with Crippen LogP contribution in [0, 0.1) is 11.2 Å². The van der Waals surface area contributed by atoms with E-state index in [0.717, 1.165) is 12.1 Å². The number of aromatic nitrogens is 1. The molecule has 1 unspecified atom stereocenters. The molecule has 0 spiro atoms. The second-order valence-electron chi connectivity index (χ2n) is 10.2. The van der Waals surface area contributed by atoms with E-state index in [2.05, 4.69) is 4.72 Å². The van der Waals surface area contributed by atoms with E-state index < -0.39 is 45.5 Å². The molecule has 1 aliphatic rings. The van der Waals surface area contributed by atoms with Crippen LogP contribution < -0.4 is 4.72 Å². The molecule has 1 atom stereocenters. The number of halogens is 5. The molecule has 1 aromatic heterocycles. The van der Waals surface area contributed by atoms with Crippen molar-refractivity contribution in [1.29, 1.82) is 0 Å². The third-order valence-electron chi connectivity index (χ3n) is 5.97. The lowest BCUT2D eigenvalue weighted by Gasteiger charge is -2.20. The first-order valence-corrected chi connectivity index (χ1v) is 12.8. The van der Waals surface area contributed by atoms with Crippen LogP contribution in [0.2, 0.25) is 0 Å². The summed E-state index contributed by atoms with van der Waals surface area (Å²) in [4.78, 5) is 0. The topological polar surface area (TPSA) is 51.1 Å². The Labute approximate surface area is 201 Å². The van der Waals surface area contributed by atoms with Gasteiger partial charge in [0.15, 0.2) is 0 Å². The quantitative estimate of drug-likeness (QED) is 0.336. The Hall–Kier alpha value is -2.46. The van der Waals surface area contributed by atoms with Crippen molar-refractivity contribution in [2.75, 3.05) is 0 Å². The second-order valence-corrected chi connectivity index (χ2v) is 12.2. The Bertz CT molecular complexity index is 1340. The van der Waals surface area contributed by atoms with E-state index >= 15 is 0 Å². The van der Waals surface area contributed by atoms with Crippen molar-refractivity contribution in [3.63, 3.8) is 0 Å². The molecule has 4 nitrogen and oxygen atoms in total. The molecule has 35 heavy (non-hydrogen) atoms. The molecule has 3 aromatic rings. The number of alkyl halides is 4. The molecule has 1 saturated carbocycles. The summed E-state index contributed by atoms with van der Waals surface area (Å²) in [6.45, 7) is 6.19. The minimum absolute atomic E-state index is 0.0811. The normalized spacial score (nSPS) is 15.9. The molecule has 1 heterocycles. The van der Waals surface area contributed by atoms with Crippen molar-refractivity contribution in [1.82, 2.24) is 9.29 Å². The van der Waals surface area contributed by atoms with Crippen LogP contribution in [-0.4, -0.2) is 24.7 Å². The fraction of sp³-hybridized carbons (Fsp3) is 0.440. The lowest BCUT2D eigenvalue weighted by Crippen LogP contribution is -2.35. The van der Waals surface area contributed by atoms with Gasteiger partial charge in [-0.15, -0.1) is 0 Å². The van der Waals surface area contributed by atoms with E-state index in [4.69, 9.17) is 0 Å². The van der Waals surface area contributed by atoms with Gasteiger partial charge in [-0.1, -0.05) is 45.0 Å². The molecule has 2 aromatic carbocycles. The molecule has 4 rings (SSSR count). The molecule has 190 valence electrons. The Morgan fingerprint density at radius 3 is 2.31 bits per heavy atom. The zero-order valence-electron chi connectivity index (χ0n) is 19.5. The van der Waals surface area contributed by atoms with Gasteiger partial charge in [-0.25, -0.2) is 35.1 Å². The van der Waals surface area contributed by atoms with Crippen molar-refractivity contribution in [2.24, 2.45) is 5.41 Å². The maximum absolute atomic E-state index is 14.7. The molecule has 1 N–H and O–H groups in total. The predicted molar refractivity (Wildman–Crippen MR) is 126 cm³/mol. The Balaban J connectivity index is 1.90. The first kappa shape index (κ1) is 25.6. The molecular formula is C25H27F5N2O2S. The number of rotatable bonds is 8. The summed E-state index contributed by atoms with van der Waals surface area (Å²) in [7, 11) is -3.92. The number of sulfonamides is 1. The first-order chi connectivity index (χ1) is 16.3. The molecule has 0 amide bonds. The summed E-state index contributed by atoms with van der Waals surface area (Å²) in [5.74, 6) is -0.820. The number of fused-ring (bicyclic) bond motifs is 1. The van der Waals surface area contributed by atoms with E-state index in [1.54, 1.807) is 4.57 Å². The van der Waals surface area contributed by atoms with Crippen molar-refractivity contribution in [3.8, 4) is 11.1 Å². The lowest BCUT2D eigenvalue weighted by molar-refractivity contribution is 0.109. The molecule has 1 aliphatic carbocycles. The van der Waals surface area contributed by atoms with Gasteiger partial charge >= 0.3 is 0 Å². The van der Waals surface area contributed by atoms with Crippen LogP contribution in [0.3, 0.4) is 0 Å². The monoisotopic (exact) mass is 514 g/mol. The zero-order valence-corrected chi connectivity index (χ0v) is 20.4. The summed E-state index contributed by atoms with van der Waals surface area (Å²) < 4.78 is 99.0. The van der Waals surface area contributed by atoms with E-state index in [0.29, 0.717) is 30.3 Å². The second kappa shape index (κ2) is 9.20. The largest absolute Gasteiger partial charge is 0.347 e. The fourth-order valence-electron chi connectivity index (χ4n) is 4.29. The Morgan fingerprint density at radius 2 is 1.74 bits per heavy atom. The third-order valence-corrected chi connectivity index (χ3v) is 7.90. The molecule has 0 bridgehead atoms. The van der Waals surface area contributed by atoms with Gasteiger partial charge in [0, 0.05) is 40.3 Å². The van der Waals surface area contributed by atoms with E-state index in [-0.39, 0.29) is 22.1 Å². The van der Waals surface area contributed by atoms with E-state index in [1.165, 1.54) is 30.5 Å². The highest BCUT2D eigenvalue weighted by molar-refractivity contribution is 7.90. The predicted octanol–water partition coefficient (Wildman–Crippen LogP) is 6.82. The highest BCUT2D eigenvalue weighted by Crippen LogP contribution is 2.39. The summed E-state index contributed by atoms with van der Waals surface area (Å²) in [5.41, 5.74) is -0.336. The van der Waals surface area contributed by atoms with Gasteiger partial charge in [0.2, 0.25) is 10.0 Å². The maximum atomic E-state index is 14.7. The zero-order chi connectivity index (χ0) is 25.7. The van der Waals surface area contributed by atoms with E-state index in [1.807, 2.05) is 20.8 Å². The number of hydrogen-bond donors (Lipinski definition) is 1.